The number of rotatable bonds is 6. The molecule has 4 heteroatoms. The van der Waals surface area contributed by atoms with Crippen LogP contribution >= 0.6 is 11.8 Å². The van der Waals surface area contributed by atoms with Gasteiger partial charge in [-0.25, -0.2) is 0 Å². The lowest BCUT2D eigenvalue weighted by Gasteiger charge is -2.05. The zero-order chi connectivity index (χ0) is 14.5. The molecule has 1 aromatic heterocycles. The summed E-state index contributed by atoms with van der Waals surface area (Å²) < 4.78 is 10.6. The Morgan fingerprint density at radius 2 is 1.90 bits per heavy atom. The summed E-state index contributed by atoms with van der Waals surface area (Å²) in [5.41, 5.74) is 1.09. The highest BCUT2D eigenvalue weighted by atomic mass is 32.2. The number of fused-ring (bicyclic) bond motifs is 1. The van der Waals surface area contributed by atoms with Crippen LogP contribution in [0.5, 0.6) is 5.75 Å². The molecule has 0 fully saturated rings. The molecule has 0 radical (unpaired) electrons. The second-order valence-electron chi connectivity index (χ2n) is 4.62. The highest BCUT2D eigenvalue weighted by molar-refractivity contribution is 7.99. The molecule has 0 saturated carbocycles. The maximum atomic E-state index is 5.63. The van der Waals surface area contributed by atoms with Gasteiger partial charge in [-0.05, 0) is 24.3 Å². The SMILES string of the molecule is COCCOc1ccc2c(Sc3ccccc3)c[nH]c2c1. The minimum absolute atomic E-state index is 0.564. The van der Waals surface area contributed by atoms with Gasteiger partial charge in [-0.1, -0.05) is 30.0 Å². The molecule has 0 unspecified atom stereocenters. The van der Waals surface area contributed by atoms with Crippen LogP contribution in [0.25, 0.3) is 10.9 Å². The minimum atomic E-state index is 0.564. The first kappa shape index (κ1) is 14.0. The van der Waals surface area contributed by atoms with Gasteiger partial charge in [0.15, 0.2) is 0 Å². The first-order valence-electron chi connectivity index (χ1n) is 6.82. The molecule has 1 N–H and O–H groups in total. The zero-order valence-electron chi connectivity index (χ0n) is 11.8. The Bertz CT molecular complexity index is 709. The molecule has 3 nitrogen and oxygen atoms in total. The normalized spacial score (nSPS) is 10.9. The lowest BCUT2D eigenvalue weighted by atomic mass is 10.2. The Morgan fingerprint density at radius 3 is 2.71 bits per heavy atom. The molecule has 108 valence electrons. The summed E-state index contributed by atoms with van der Waals surface area (Å²) in [7, 11) is 1.67. The number of nitrogens with one attached hydrogen (secondary N) is 1. The summed E-state index contributed by atoms with van der Waals surface area (Å²) in [6.07, 6.45) is 2.04. The summed E-state index contributed by atoms with van der Waals surface area (Å²) in [6.45, 7) is 1.16. The monoisotopic (exact) mass is 299 g/mol. The van der Waals surface area contributed by atoms with Gasteiger partial charge in [-0.2, -0.15) is 0 Å². The summed E-state index contributed by atoms with van der Waals surface area (Å²) >= 11 is 1.76. The van der Waals surface area contributed by atoms with Crippen molar-refractivity contribution in [2.24, 2.45) is 0 Å². The van der Waals surface area contributed by atoms with Gasteiger partial charge in [0.25, 0.3) is 0 Å². The summed E-state index contributed by atoms with van der Waals surface area (Å²) in [5, 5.41) is 1.21. The Morgan fingerprint density at radius 1 is 1.05 bits per heavy atom. The van der Waals surface area contributed by atoms with Crippen molar-refractivity contribution in [2.45, 2.75) is 9.79 Å². The quantitative estimate of drug-likeness (QED) is 0.687. The number of aromatic nitrogens is 1. The van der Waals surface area contributed by atoms with Crippen LogP contribution in [0.4, 0.5) is 0 Å². The van der Waals surface area contributed by atoms with Crippen LogP contribution in [-0.2, 0) is 4.74 Å². The van der Waals surface area contributed by atoms with E-state index in [4.69, 9.17) is 9.47 Å². The fourth-order valence-electron chi connectivity index (χ4n) is 2.11. The Balaban J connectivity index is 1.79. The van der Waals surface area contributed by atoms with Gasteiger partial charge >= 0.3 is 0 Å². The second kappa shape index (κ2) is 6.70. The van der Waals surface area contributed by atoms with Crippen molar-refractivity contribution in [1.29, 1.82) is 0 Å². The average molecular weight is 299 g/mol. The predicted octanol–water partition coefficient (Wildman–Crippen LogP) is 4.34. The summed E-state index contributed by atoms with van der Waals surface area (Å²) in [6, 6.07) is 16.5. The number of H-pyrrole nitrogens is 1. The van der Waals surface area contributed by atoms with Crippen molar-refractivity contribution in [3.05, 3.63) is 54.7 Å². The number of hydrogen-bond donors (Lipinski definition) is 1. The molecular formula is C17H17NO2S. The number of methoxy groups -OCH3 is 1. The van der Waals surface area contributed by atoms with Gasteiger partial charge in [0.05, 0.1) is 12.1 Å². The minimum Gasteiger partial charge on any atom is -0.491 e. The highest BCUT2D eigenvalue weighted by Crippen LogP contribution is 2.34. The van der Waals surface area contributed by atoms with E-state index >= 15 is 0 Å². The van der Waals surface area contributed by atoms with Gasteiger partial charge in [-0.3, -0.25) is 0 Å². The number of hydrogen-bond acceptors (Lipinski definition) is 3. The van der Waals surface area contributed by atoms with E-state index in [-0.39, 0.29) is 0 Å². The Kier molecular flexibility index (Phi) is 4.48. The molecule has 0 aliphatic rings. The Labute approximate surface area is 128 Å². The smallest absolute Gasteiger partial charge is 0.121 e. The van der Waals surface area contributed by atoms with Crippen LogP contribution in [0.1, 0.15) is 0 Å². The lowest BCUT2D eigenvalue weighted by Crippen LogP contribution is -2.03. The van der Waals surface area contributed by atoms with Crippen molar-refractivity contribution >= 4 is 22.7 Å². The van der Waals surface area contributed by atoms with E-state index in [2.05, 4.69) is 35.3 Å². The fourth-order valence-corrected chi connectivity index (χ4v) is 3.06. The standard InChI is InChI=1S/C17H17NO2S/c1-19-9-10-20-13-7-8-15-16(11-13)18-12-17(15)21-14-5-3-2-4-6-14/h2-8,11-12,18H,9-10H2,1H3. The predicted molar refractivity (Wildman–Crippen MR) is 86.2 cm³/mol. The van der Waals surface area contributed by atoms with E-state index < -0.39 is 0 Å². The van der Waals surface area contributed by atoms with Gasteiger partial charge in [0.2, 0.25) is 0 Å². The molecule has 3 rings (SSSR count). The molecule has 2 aromatic carbocycles. The van der Waals surface area contributed by atoms with E-state index in [1.165, 1.54) is 15.2 Å². The molecule has 0 bridgehead atoms. The largest absolute Gasteiger partial charge is 0.491 e. The van der Waals surface area contributed by atoms with Crippen molar-refractivity contribution in [1.82, 2.24) is 4.98 Å². The van der Waals surface area contributed by atoms with Crippen LogP contribution in [0.15, 0.2) is 64.5 Å². The molecule has 0 aliphatic carbocycles. The van der Waals surface area contributed by atoms with Crippen molar-refractivity contribution in [3.63, 3.8) is 0 Å². The molecule has 0 amide bonds. The third-order valence-corrected chi connectivity index (χ3v) is 4.21. The Hall–Kier alpha value is -1.91. The number of aromatic amines is 1. The molecule has 0 atom stereocenters. The van der Waals surface area contributed by atoms with E-state index in [0.717, 1.165) is 11.3 Å². The molecule has 3 aromatic rings. The van der Waals surface area contributed by atoms with Crippen LogP contribution in [0, 0.1) is 0 Å². The van der Waals surface area contributed by atoms with Crippen molar-refractivity contribution in [3.8, 4) is 5.75 Å². The van der Waals surface area contributed by atoms with Crippen molar-refractivity contribution < 1.29 is 9.47 Å². The van der Waals surface area contributed by atoms with Crippen LogP contribution in [0.2, 0.25) is 0 Å². The lowest BCUT2D eigenvalue weighted by molar-refractivity contribution is 0.146. The van der Waals surface area contributed by atoms with Gasteiger partial charge in [0, 0.05) is 34.6 Å². The maximum absolute atomic E-state index is 5.63. The second-order valence-corrected chi connectivity index (χ2v) is 5.73. The molecule has 1 heterocycles. The maximum Gasteiger partial charge on any atom is 0.121 e. The molecule has 0 spiro atoms. The fraction of sp³-hybridized carbons (Fsp3) is 0.176. The summed E-state index contributed by atoms with van der Waals surface area (Å²) in [5.74, 6) is 0.859. The average Bonchev–Trinajstić information content (AvgIpc) is 2.91. The number of ether oxygens (including phenoxy) is 2. The van der Waals surface area contributed by atoms with Crippen molar-refractivity contribution in [2.75, 3.05) is 20.3 Å². The highest BCUT2D eigenvalue weighted by Gasteiger charge is 2.06. The summed E-state index contributed by atoms with van der Waals surface area (Å²) in [4.78, 5) is 5.76. The van der Waals surface area contributed by atoms with Crippen LogP contribution in [0.3, 0.4) is 0 Å². The molecule has 21 heavy (non-hydrogen) atoms. The third-order valence-electron chi connectivity index (χ3n) is 3.14. The van der Waals surface area contributed by atoms with Gasteiger partial charge in [-0.15, -0.1) is 0 Å². The van der Waals surface area contributed by atoms with E-state index in [1.54, 1.807) is 18.9 Å². The molecule has 0 saturated heterocycles. The van der Waals surface area contributed by atoms with Crippen LogP contribution < -0.4 is 4.74 Å². The van der Waals surface area contributed by atoms with E-state index in [0.29, 0.717) is 13.2 Å². The molecule has 0 aliphatic heterocycles. The first-order valence-corrected chi connectivity index (χ1v) is 7.64. The molecular weight excluding hydrogens is 282 g/mol. The van der Waals surface area contributed by atoms with Gasteiger partial charge < -0.3 is 14.5 Å². The zero-order valence-corrected chi connectivity index (χ0v) is 12.7. The third kappa shape index (κ3) is 3.40. The van der Waals surface area contributed by atoms with Crippen LogP contribution in [-0.4, -0.2) is 25.3 Å². The first-order chi connectivity index (χ1) is 10.4. The van der Waals surface area contributed by atoms with E-state index in [9.17, 15) is 0 Å². The van der Waals surface area contributed by atoms with E-state index in [1.807, 2.05) is 24.4 Å². The number of benzene rings is 2. The van der Waals surface area contributed by atoms with Gasteiger partial charge in [0.1, 0.15) is 12.4 Å². The topological polar surface area (TPSA) is 34.2 Å².